The van der Waals surface area contributed by atoms with Crippen LogP contribution in [0.2, 0.25) is 0 Å². The van der Waals surface area contributed by atoms with E-state index in [1.54, 1.807) is 7.11 Å². The first-order valence-electron chi connectivity index (χ1n) is 10.2. The van der Waals surface area contributed by atoms with Crippen molar-refractivity contribution < 1.29 is 14.3 Å². The summed E-state index contributed by atoms with van der Waals surface area (Å²) in [6.45, 7) is 8.27. The molecule has 29 heavy (non-hydrogen) atoms. The maximum atomic E-state index is 12.7. The van der Waals surface area contributed by atoms with Crippen molar-refractivity contribution in [3.05, 3.63) is 71.8 Å². The Labute approximate surface area is 174 Å². The molecule has 0 radical (unpaired) electrons. The number of carbonyl (C=O) groups excluding carboxylic acids is 1. The van der Waals surface area contributed by atoms with Crippen LogP contribution in [-0.4, -0.2) is 60.9 Å². The number of carbonyl (C=O) groups is 1. The SMILES string of the molecule is COC[C@@H]1CN(C(c2ccccc2)c2ccccc2)CCN1C(=O)OC(C)(C)C. The second kappa shape index (κ2) is 9.42. The Hall–Kier alpha value is -2.37. The molecule has 0 spiro atoms. The van der Waals surface area contributed by atoms with Crippen LogP contribution in [0.4, 0.5) is 4.79 Å². The molecule has 2 aromatic rings. The third-order valence-electron chi connectivity index (χ3n) is 5.10. The first-order chi connectivity index (χ1) is 13.9. The summed E-state index contributed by atoms with van der Waals surface area (Å²) in [5.74, 6) is 0. The average molecular weight is 397 g/mol. The first kappa shape index (κ1) is 21.3. The Balaban J connectivity index is 1.85. The molecule has 1 heterocycles. The van der Waals surface area contributed by atoms with Gasteiger partial charge in [-0.3, -0.25) is 4.90 Å². The van der Waals surface area contributed by atoms with E-state index < -0.39 is 5.60 Å². The molecule has 5 heteroatoms. The molecule has 0 unspecified atom stereocenters. The maximum absolute atomic E-state index is 12.7. The van der Waals surface area contributed by atoms with Gasteiger partial charge in [-0.25, -0.2) is 4.79 Å². The molecule has 3 rings (SSSR count). The standard InChI is InChI=1S/C24H32N2O3/c1-24(2,3)29-23(27)26-16-15-25(17-21(26)18-28-4)22(19-11-7-5-8-12-19)20-13-9-6-10-14-20/h5-14,21-22H,15-18H2,1-4H3/t21-/m0/s1. The quantitative estimate of drug-likeness (QED) is 0.754. The summed E-state index contributed by atoms with van der Waals surface area (Å²) in [5, 5.41) is 0. The molecular weight excluding hydrogens is 364 g/mol. The van der Waals surface area contributed by atoms with Crippen LogP contribution in [0.25, 0.3) is 0 Å². The van der Waals surface area contributed by atoms with Gasteiger partial charge in [0.1, 0.15) is 5.60 Å². The van der Waals surface area contributed by atoms with Crippen LogP contribution in [0.1, 0.15) is 37.9 Å². The predicted molar refractivity (Wildman–Crippen MR) is 115 cm³/mol. The van der Waals surface area contributed by atoms with Gasteiger partial charge in [0.05, 0.1) is 18.7 Å². The molecule has 2 aromatic carbocycles. The summed E-state index contributed by atoms with van der Waals surface area (Å²) in [6.07, 6.45) is -0.268. The minimum absolute atomic E-state index is 0.0569. The largest absolute Gasteiger partial charge is 0.444 e. The highest BCUT2D eigenvalue weighted by Gasteiger charge is 2.36. The van der Waals surface area contributed by atoms with E-state index >= 15 is 0 Å². The van der Waals surface area contributed by atoms with E-state index in [0.29, 0.717) is 13.2 Å². The molecule has 1 saturated heterocycles. The molecule has 156 valence electrons. The van der Waals surface area contributed by atoms with Gasteiger partial charge in [-0.05, 0) is 31.9 Å². The summed E-state index contributed by atoms with van der Waals surface area (Å²) in [6, 6.07) is 21.2. The maximum Gasteiger partial charge on any atom is 0.410 e. The van der Waals surface area contributed by atoms with Crippen LogP contribution in [0.15, 0.2) is 60.7 Å². The summed E-state index contributed by atoms with van der Waals surface area (Å²) in [7, 11) is 1.68. The Morgan fingerprint density at radius 1 is 1.00 bits per heavy atom. The van der Waals surface area contributed by atoms with Crippen molar-refractivity contribution in [1.82, 2.24) is 9.80 Å². The number of ether oxygens (including phenoxy) is 2. The van der Waals surface area contributed by atoms with Gasteiger partial charge in [-0.2, -0.15) is 0 Å². The summed E-state index contributed by atoms with van der Waals surface area (Å²) in [4.78, 5) is 17.0. The van der Waals surface area contributed by atoms with Crippen LogP contribution in [-0.2, 0) is 9.47 Å². The minimum atomic E-state index is -0.511. The van der Waals surface area contributed by atoms with Crippen LogP contribution >= 0.6 is 0 Å². The van der Waals surface area contributed by atoms with Crippen molar-refractivity contribution in [3.63, 3.8) is 0 Å². The fraction of sp³-hybridized carbons (Fsp3) is 0.458. The van der Waals surface area contributed by atoms with Gasteiger partial charge in [0.25, 0.3) is 0 Å². The number of hydrogen-bond acceptors (Lipinski definition) is 4. The van der Waals surface area contributed by atoms with E-state index in [1.807, 2.05) is 37.8 Å². The molecule has 0 bridgehead atoms. The van der Waals surface area contributed by atoms with E-state index in [1.165, 1.54) is 11.1 Å². The normalized spacial score (nSPS) is 18.1. The number of benzene rings is 2. The lowest BCUT2D eigenvalue weighted by Crippen LogP contribution is -2.58. The molecule has 0 N–H and O–H groups in total. The van der Waals surface area contributed by atoms with E-state index in [-0.39, 0.29) is 18.2 Å². The molecule has 1 aliphatic heterocycles. The molecule has 0 aliphatic carbocycles. The number of amides is 1. The monoisotopic (exact) mass is 396 g/mol. The van der Waals surface area contributed by atoms with Crippen LogP contribution in [0, 0.1) is 0 Å². The lowest BCUT2D eigenvalue weighted by atomic mass is 9.95. The zero-order valence-corrected chi connectivity index (χ0v) is 17.9. The highest BCUT2D eigenvalue weighted by molar-refractivity contribution is 5.68. The fourth-order valence-corrected chi connectivity index (χ4v) is 3.89. The molecule has 1 aliphatic rings. The molecule has 0 aromatic heterocycles. The van der Waals surface area contributed by atoms with E-state index in [9.17, 15) is 4.79 Å². The number of nitrogens with zero attached hydrogens (tertiary/aromatic N) is 2. The van der Waals surface area contributed by atoms with Gasteiger partial charge in [-0.15, -0.1) is 0 Å². The molecule has 0 saturated carbocycles. The van der Waals surface area contributed by atoms with Crippen molar-refractivity contribution in [2.24, 2.45) is 0 Å². The third kappa shape index (κ3) is 5.58. The fourth-order valence-electron chi connectivity index (χ4n) is 3.89. The zero-order chi connectivity index (χ0) is 20.9. The third-order valence-corrected chi connectivity index (χ3v) is 5.10. The lowest BCUT2D eigenvalue weighted by Gasteiger charge is -2.44. The highest BCUT2D eigenvalue weighted by Crippen LogP contribution is 2.31. The van der Waals surface area contributed by atoms with Crippen molar-refractivity contribution >= 4 is 6.09 Å². The Morgan fingerprint density at radius 3 is 2.03 bits per heavy atom. The molecule has 1 fully saturated rings. The Kier molecular flexibility index (Phi) is 6.93. The minimum Gasteiger partial charge on any atom is -0.444 e. The zero-order valence-electron chi connectivity index (χ0n) is 17.9. The van der Waals surface area contributed by atoms with Crippen LogP contribution < -0.4 is 0 Å². The van der Waals surface area contributed by atoms with Gasteiger partial charge in [-0.1, -0.05) is 60.7 Å². The first-order valence-corrected chi connectivity index (χ1v) is 10.2. The number of hydrogen-bond donors (Lipinski definition) is 0. The molecule has 1 atom stereocenters. The molecular formula is C24H32N2O3. The molecule has 5 nitrogen and oxygen atoms in total. The van der Waals surface area contributed by atoms with Crippen LogP contribution in [0.5, 0.6) is 0 Å². The topological polar surface area (TPSA) is 42.0 Å². The van der Waals surface area contributed by atoms with Gasteiger partial charge in [0.2, 0.25) is 0 Å². The van der Waals surface area contributed by atoms with Crippen molar-refractivity contribution in [1.29, 1.82) is 0 Å². The van der Waals surface area contributed by atoms with Crippen molar-refractivity contribution in [3.8, 4) is 0 Å². The number of rotatable bonds is 5. The Morgan fingerprint density at radius 2 is 1.55 bits per heavy atom. The van der Waals surface area contributed by atoms with Gasteiger partial charge in [0.15, 0.2) is 0 Å². The van der Waals surface area contributed by atoms with Crippen LogP contribution in [0.3, 0.4) is 0 Å². The van der Waals surface area contributed by atoms with Gasteiger partial charge < -0.3 is 14.4 Å². The second-order valence-electron chi connectivity index (χ2n) is 8.50. The summed E-state index contributed by atoms with van der Waals surface area (Å²) >= 11 is 0. The lowest BCUT2D eigenvalue weighted by molar-refractivity contribution is -0.0206. The molecule has 1 amide bonds. The summed E-state index contributed by atoms with van der Waals surface area (Å²) in [5.41, 5.74) is 1.99. The predicted octanol–water partition coefficient (Wildman–Crippen LogP) is 4.34. The highest BCUT2D eigenvalue weighted by atomic mass is 16.6. The second-order valence-corrected chi connectivity index (χ2v) is 8.50. The number of methoxy groups -OCH3 is 1. The average Bonchev–Trinajstić information content (AvgIpc) is 2.69. The summed E-state index contributed by atoms with van der Waals surface area (Å²) < 4.78 is 11.1. The van der Waals surface area contributed by atoms with E-state index in [2.05, 4.69) is 53.4 Å². The van der Waals surface area contributed by atoms with Crippen molar-refractivity contribution in [2.75, 3.05) is 33.4 Å². The Bertz CT molecular complexity index is 734. The van der Waals surface area contributed by atoms with Gasteiger partial charge in [0, 0.05) is 26.7 Å². The van der Waals surface area contributed by atoms with Crippen molar-refractivity contribution in [2.45, 2.75) is 38.5 Å². The van der Waals surface area contributed by atoms with E-state index in [4.69, 9.17) is 9.47 Å². The number of piperazine rings is 1. The smallest absolute Gasteiger partial charge is 0.410 e. The van der Waals surface area contributed by atoms with Gasteiger partial charge >= 0.3 is 6.09 Å². The van der Waals surface area contributed by atoms with E-state index in [0.717, 1.165) is 13.1 Å².